The molecule has 0 spiro atoms. The first-order valence-electron chi connectivity index (χ1n) is 5.54. The number of hydrogen-bond donors (Lipinski definition) is 1. The summed E-state index contributed by atoms with van der Waals surface area (Å²) in [4.78, 5) is 14.2. The number of hydrogen-bond acceptors (Lipinski definition) is 5. The first-order chi connectivity index (χ1) is 8.66. The van der Waals surface area contributed by atoms with Crippen molar-refractivity contribution in [1.29, 1.82) is 0 Å². The fourth-order valence-electron chi connectivity index (χ4n) is 1.61. The van der Waals surface area contributed by atoms with E-state index in [0.717, 1.165) is 12.2 Å². The Bertz CT molecular complexity index is 538. The second kappa shape index (κ2) is 5.31. The van der Waals surface area contributed by atoms with Crippen molar-refractivity contribution in [2.45, 2.75) is 13.3 Å². The first kappa shape index (κ1) is 12.1. The van der Waals surface area contributed by atoms with E-state index in [-0.39, 0.29) is 5.69 Å². The minimum absolute atomic E-state index is 0.0339. The predicted molar refractivity (Wildman–Crippen MR) is 66.5 cm³/mol. The van der Waals surface area contributed by atoms with Crippen LogP contribution in [-0.2, 0) is 6.42 Å². The van der Waals surface area contributed by atoms with Crippen LogP contribution in [0.3, 0.4) is 0 Å². The summed E-state index contributed by atoms with van der Waals surface area (Å²) in [5.74, 6) is 1.52. The summed E-state index contributed by atoms with van der Waals surface area (Å²) in [6, 6.07) is 5.40. The molecule has 94 valence electrons. The Labute approximate surface area is 104 Å². The number of nitrogens with zero attached hydrogens (tertiary/aromatic N) is 2. The van der Waals surface area contributed by atoms with Crippen molar-refractivity contribution in [1.82, 2.24) is 4.98 Å². The average Bonchev–Trinajstić information content (AvgIpc) is 2.81. The topological polar surface area (TPSA) is 81.2 Å². The smallest absolute Gasteiger partial charge is 0.290 e. The van der Waals surface area contributed by atoms with Gasteiger partial charge in [0, 0.05) is 18.5 Å². The van der Waals surface area contributed by atoms with E-state index in [4.69, 9.17) is 4.42 Å². The van der Waals surface area contributed by atoms with Gasteiger partial charge in [0.25, 0.3) is 5.69 Å². The molecule has 0 unspecified atom stereocenters. The van der Waals surface area contributed by atoms with Crippen LogP contribution in [0.15, 0.2) is 35.1 Å². The quantitative estimate of drug-likeness (QED) is 0.648. The molecule has 2 aromatic rings. The van der Waals surface area contributed by atoms with E-state index in [1.54, 1.807) is 19.3 Å². The molecule has 0 aliphatic rings. The number of pyridine rings is 1. The highest BCUT2D eigenvalue weighted by Crippen LogP contribution is 2.18. The summed E-state index contributed by atoms with van der Waals surface area (Å²) in [7, 11) is 0. The first-order valence-corrected chi connectivity index (χ1v) is 5.54. The molecule has 0 atom stereocenters. The van der Waals surface area contributed by atoms with Gasteiger partial charge in [0.15, 0.2) is 0 Å². The standard InChI is InChI=1S/C12H13N3O3/c1-9-7-12(14-8-11(9)15(16)17)13-5-4-10-3-2-6-18-10/h2-3,6-8H,4-5H2,1H3,(H,13,14). The Balaban J connectivity index is 1.94. The largest absolute Gasteiger partial charge is 0.469 e. The maximum atomic E-state index is 10.6. The van der Waals surface area contributed by atoms with Gasteiger partial charge in [-0.2, -0.15) is 0 Å². The molecule has 0 bridgehead atoms. The second-order valence-corrected chi connectivity index (χ2v) is 3.87. The predicted octanol–water partition coefficient (Wildman–Crippen LogP) is 2.55. The lowest BCUT2D eigenvalue weighted by molar-refractivity contribution is -0.385. The Hall–Kier alpha value is -2.37. The number of nitrogens with one attached hydrogen (secondary N) is 1. The van der Waals surface area contributed by atoms with Crippen molar-refractivity contribution >= 4 is 11.5 Å². The van der Waals surface area contributed by atoms with Crippen LogP contribution < -0.4 is 5.32 Å². The number of furan rings is 1. The molecule has 0 aliphatic heterocycles. The summed E-state index contributed by atoms with van der Waals surface area (Å²) in [6.45, 7) is 2.36. The molecule has 6 nitrogen and oxygen atoms in total. The highest BCUT2D eigenvalue weighted by Gasteiger charge is 2.11. The van der Waals surface area contributed by atoms with E-state index in [0.29, 0.717) is 17.9 Å². The summed E-state index contributed by atoms with van der Waals surface area (Å²) >= 11 is 0. The van der Waals surface area contributed by atoms with Crippen LogP contribution in [0.2, 0.25) is 0 Å². The van der Waals surface area contributed by atoms with Crippen LogP contribution in [0.5, 0.6) is 0 Å². The summed E-state index contributed by atoms with van der Waals surface area (Å²) in [6.07, 6.45) is 3.64. The Morgan fingerprint density at radius 1 is 1.56 bits per heavy atom. The number of anilines is 1. The minimum Gasteiger partial charge on any atom is -0.469 e. The van der Waals surface area contributed by atoms with Crippen LogP contribution in [0.1, 0.15) is 11.3 Å². The van der Waals surface area contributed by atoms with Crippen molar-refractivity contribution < 1.29 is 9.34 Å². The van der Waals surface area contributed by atoms with Gasteiger partial charge >= 0.3 is 0 Å². The third-order valence-electron chi connectivity index (χ3n) is 2.54. The van der Waals surface area contributed by atoms with Gasteiger partial charge in [-0.15, -0.1) is 0 Å². The summed E-state index contributed by atoms with van der Waals surface area (Å²) < 4.78 is 5.20. The molecule has 0 radical (unpaired) electrons. The van der Waals surface area contributed by atoms with Gasteiger partial charge in [-0.05, 0) is 25.1 Å². The molecule has 0 saturated carbocycles. The molecule has 0 aromatic carbocycles. The van der Waals surface area contributed by atoms with Gasteiger partial charge in [-0.1, -0.05) is 0 Å². The van der Waals surface area contributed by atoms with Crippen LogP contribution in [-0.4, -0.2) is 16.5 Å². The minimum atomic E-state index is -0.436. The van der Waals surface area contributed by atoms with Gasteiger partial charge in [0.2, 0.25) is 0 Å². The van der Waals surface area contributed by atoms with Crippen molar-refractivity contribution in [3.8, 4) is 0 Å². The monoisotopic (exact) mass is 247 g/mol. The second-order valence-electron chi connectivity index (χ2n) is 3.87. The SMILES string of the molecule is Cc1cc(NCCc2ccco2)ncc1[N+](=O)[O-]. The van der Waals surface area contributed by atoms with Crippen LogP contribution in [0, 0.1) is 17.0 Å². The highest BCUT2D eigenvalue weighted by molar-refractivity contribution is 5.46. The van der Waals surface area contributed by atoms with Crippen LogP contribution in [0.25, 0.3) is 0 Å². The molecular formula is C12H13N3O3. The zero-order chi connectivity index (χ0) is 13.0. The molecule has 18 heavy (non-hydrogen) atoms. The van der Waals surface area contributed by atoms with Gasteiger partial charge in [-0.3, -0.25) is 10.1 Å². The number of nitro groups is 1. The van der Waals surface area contributed by atoms with Crippen molar-refractivity contribution in [2.75, 3.05) is 11.9 Å². The number of aryl methyl sites for hydroxylation is 1. The summed E-state index contributed by atoms with van der Waals surface area (Å²) in [5.41, 5.74) is 0.627. The van der Waals surface area contributed by atoms with Crippen molar-refractivity contribution in [3.05, 3.63) is 52.1 Å². The molecule has 6 heteroatoms. The fourth-order valence-corrected chi connectivity index (χ4v) is 1.61. The molecule has 2 heterocycles. The third kappa shape index (κ3) is 2.85. The summed E-state index contributed by atoms with van der Waals surface area (Å²) in [5, 5.41) is 13.7. The molecule has 2 aromatic heterocycles. The van der Waals surface area contributed by atoms with Crippen molar-refractivity contribution in [3.63, 3.8) is 0 Å². The third-order valence-corrected chi connectivity index (χ3v) is 2.54. The molecule has 0 aliphatic carbocycles. The average molecular weight is 247 g/mol. The Morgan fingerprint density at radius 2 is 2.39 bits per heavy atom. The highest BCUT2D eigenvalue weighted by atomic mass is 16.6. The molecule has 2 rings (SSSR count). The maximum Gasteiger partial charge on any atom is 0.290 e. The molecule has 0 fully saturated rings. The van der Waals surface area contributed by atoms with Gasteiger partial charge in [-0.25, -0.2) is 4.98 Å². The van der Waals surface area contributed by atoms with Gasteiger partial charge < -0.3 is 9.73 Å². The van der Waals surface area contributed by atoms with E-state index in [1.807, 2.05) is 12.1 Å². The maximum absolute atomic E-state index is 10.6. The van der Waals surface area contributed by atoms with Crippen LogP contribution in [0.4, 0.5) is 11.5 Å². The lowest BCUT2D eigenvalue weighted by Crippen LogP contribution is -2.06. The molecule has 0 amide bonds. The Kier molecular flexibility index (Phi) is 3.57. The number of aromatic nitrogens is 1. The van der Waals surface area contributed by atoms with Gasteiger partial charge in [0.1, 0.15) is 17.8 Å². The van der Waals surface area contributed by atoms with E-state index in [2.05, 4.69) is 10.3 Å². The zero-order valence-corrected chi connectivity index (χ0v) is 9.92. The molecule has 1 N–H and O–H groups in total. The van der Waals surface area contributed by atoms with E-state index >= 15 is 0 Å². The van der Waals surface area contributed by atoms with Gasteiger partial charge in [0.05, 0.1) is 11.2 Å². The lowest BCUT2D eigenvalue weighted by atomic mass is 10.2. The molecular weight excluding hydrogens is 234 g/mol. The fraction of sp³-hybridized carbons (Fsp3) is 0.250. The van der Waals surface area contributed by atoms with Crippen LogP contribution >= 0.6 is 0 Å². The van der Waals surface area contributed by atoms with Crippen molar-refractivity contribution in [2.24, 2.45) is 0 Å². The Morgan fingerprint density at radius 3 is 3.00 bits per heavy atom. The van der Waals surface area contributed by atoms with E-state index < -0.39 is 4.92 Å². The normalized spacial score (nSPS) is 10.3. The van der Waals surface area contributed by atoms with E-state index in [1.165, 1.54) is 6.20 Å². The lowest BCUT2D eigenvalue weighted by Gasteiger charge is -2.05. The van der Waals surface area contributed by atoms with E-state index in [9.17, 15) is 10.1 Å². The molecule has 0 saturated heterocycles. The zero-order valence-electron chi connectivity index (χ0n) is 9.92. The number of rotatable bonds is 5.